The van der Waals surface area contributed by atoms with Crippen molar-refractivity contribution in [2.24, 2.45) is 5.73 Å². The molecule has 1 aromatic rings. The van der Waals surface area contributed by atoms with Gasteiger partial charge in [-0.25, -0.2) is 0 Å². The van der Waals surface area contributed by atoms with E-state index in [4.69, 9.17) is 10.5 Å². The lowest BCUT2D eigenvalue weighted by Gasteiger charge is -2.07. The van der Waals surface area contributed by atoms with Crippen molar-refractivity contribution in [3.05, 3.63) is 23.8 Å². The highest BCUT2D eigenvalue weighted by molar-refractivity contribution is 5.85. The molecular formula is C10H16ClNO2. The van der Waals surface area contributed by atoms with Crippen LogP contribution in [-0.2, 0) is 6.42 Å². The van der Waals surface area contributed by atoms with Crippen molar-refractivity contribution in [3.63, 3.8) is 0 Å². The Hall–Kier alpha value is -0.930. The molecule has 0 amide bonds. The molecule has 0 aliphatic heterocycles. The summed E-state index contributed by atoms with van der Waals surface area (Å²) in [5, 5.41) is 9.44. The van der Waals surface area contributed by atoms with Crippen LogP contribution in [0.15, 0.2) is 18.2 Å². The quantitative estimate of drug-likeness (QED) is 0.811. The monoisotopic (exact) mass is 217 g/mol. The number of aromatic hydroxyl groups is 1. The summed E-state index contributed by atoms with van der Waals surface area (Å²) in [4.78, 5) is 0. The second-order valence-electron chi connectivity index (χ2n) is 3.19. The van der Waals surface area contributed by atoms with E-state index in [0.717, 1.165) is 12.0 Å². The number of methoxy groups -OCH3 is 1. The zero-order valence-electron chi connectivity index (χ0n) is 8.36. The minimum absolute atomic E-state index is 0. The summed E-state index contributed by atoms with van der Waals surface area (Å²) in [6.07, 6.45) is 0.761. The van der Waals surface area contributed by atoms with Gasteiger partial charge in [-0.1, -0.05) is 6.07 Å². The van der Waals surface area contributed by atoms with Crippen LogP contribution in [0.2, 0.25) is 0 Å². The maximum atomic E-state index is 9.44. The molecule has 0 aromatic heterocycles. The molecule has 1 unspecified atom stereocenters. The van der Waals surface area contributed by atoms with Crippen LogP contribution in [0.3, 0.4) is 0 Å². The Morgan fingerprint density at radius 1 is 1.50 bits per heavy atom. The van der Waals surface area contributed by atoms with Gasteiger partial charge in [-0.2, -0.15) is 0 Å². The fourth-order valence-corrected chi connectivity index (χ4v) is 1.23. The third kappa shape index (κ3) is 3.44. The van der Waals surface area contributed by atoms with E-state index in [-0.39, 0.29) is 24.2 Å². The Labute approximate surface area is 90.3 Å². The van der Waals surface area contributed by atoms with Gasteiger partial charge in [0.25, 0.3) is 0 Å². The first kappa shape index (κ1) is 13.1. The Kier molecular flexibility index (Phi) is 5.35. The van der Waals surface area contributed by atoms with Gasteiger partial charge in [0.1, 0.15) is 0 Å². The number of nitrogens with two attached hydrogens (primary N) is 1. The summed E-state index contributed by atoms with van der Waals surface area (Å²) >= 11 is 0. The lowest BCUT2D eigenvalue weighted by Crippen LogP contribution is -2.17. The molecule has 0 fully saturated rings. The molecule has 0 bridgehead atoms. The third-order valence-electron chi connectivity index (χ3n) is 1.80. The molecule has 0 saturated heterocycles. The molecule has 0 aliphatic rings. The van der Waals surface area contributed by atoms with Crippen molar-refractivity contribution in [1.82, 2.24) is 0 Å². The minimum Gasteiger partial charge on any atom is -0.504 e. The van der Waals surface area contributed by atoms with E-state index in [9.17, 15) is 5.11 Å². The summed E-state index contributed by atoms with van der Waals surface area (Å²) in [6, 6.07) is 5.43. The first-order chi connectivity index (χ1) is 6.13. The predicted molar refractivity (Wildman–Crippen MR) is 59.3 cm³/mol. The normalized spacial score (nSPS) is 11.6. The summed E-state index contributed by atoms with van der Waals surface area (Å²) in [6.45, 7) is 1.93. The molecule has 14 heavy (non-hydrogen) atoms. The molecule has 1 atom stereocenters. The minimum atomic E-state index is 0. The van der Waals surface area contributed by atoms with E-state index >= 15 is 0 Å². The van der Waals surface area contributed by atoms with Crippen molar-refractivity contribution in [1.29, 1.82) is 0 Å². The molecule has 80 valence electrons. The van der Waals surface area contributed by atoms with Crippen LogP contribution < -0.4 is 10.5 Å². The zero-order chi connectivity index (χ0) is 9.84. The van der Waals surface area contributed by atoms with Crippen LogP contribution in [0.5, 0.6) is 11.5 Å². The van der Waals surface area contributed by atoms with E-state index in [1.807, 2.05) is 13.0 Å². The van der Waals surface area contributed by atoms with Crippen LogP contribution in [0.4, 0.5) is 0 Å². The van der Waals surface area contributed by atoms with Gasteiger partial charge in [0.2, 0.25) is 0 Å². The largest absolute Gasteiger partial charge is 0.504 e. The van der Waals surface area contributed by atoms with Crippen molar-refractivity contribution in [2.45, 2.75) is 19.4 Å². The SMILES string of the molecule is COc1ccc(CC(C)N)cc1O.Cl. The van der Waals surface area contributed by atoms with Gasteiger partial charge in [0.15, 0.2) is 11.5 Å². The second-order valence-corrected chi connectivity index (χ2v) is 3.19. The van der Waals surface area contributed by atoms with E-state index in [0.29, 0.717) is 5.75 Å². The van der Waals surface area contributed by atoms with Crippen LogP contribution in [0, 0.1) is 0 Å². The average Bonchev–Trinajstić information content (AvgIpc) is 2.03. The van der Waals surface area contributed by atoms with Gasteiger partial charge in [-0.15, -0.1) is 12.4 Å². The van der Waals surface area contributed by atoms with Crippen molar-refractivity contribution >= 4 is 12.4 Å². The topological polar surface area (TPSA) is 55.5 Å². The number of ether oxygens (including phenoxy) is 1. The summed E-state index contributed by atoms with van der Waals surface area (Å²) in [7, 11) is 1.53. The maximum absolute atomic E-state index is 9.44. The lowest BCUT2D eigenvalue weighted by molar-refractivity contribution is 0.373. The van der Waals surface area contributed by atoms with Crippen molar-refractivity contribution < 1.29 is 9.84 Å². The first-order valence-corrected chi connectivity index (χ1v) is 4.25. The van der Waals surface area contributed by atoms with E-state index in [1.165, 1.54) is 7.11 Å². The molecule has 1 aromatic carbocycles. The first-order valence-electron chi connectivity index (χ1n) is 4.25. The van der Waals surface area contributed by atoms with Gasteiger partial charge in [0.05, 0.1) is 7.11 Å². The molecule has 0 spiro atoms. The summed E-state index contributed by atoms with van der Waals surface area (Å²) in [5.74, 6) is 0.661. The maximum Gasteiger partial charge on any atom is 0.160 e. The van der Waals surface area contributed by atoms with Gasteiger partial charge in [-0.3, -0.25) is 0 Å². The van der Waals surface area contributed by atoms with E-state index < -0.39 is 0 Å². The number of phenols is 1. The van der Waals surface area contributed by atoms with Crippen LogP contribution >= 0.6 is 12.4 Å². The molecule has 0 heterocycles. The highest BCUT2D eigenvalue weighted by Crippen LogP contribution is 2.26. The molecule has 0 aliphatic carbocycles. The van der Waals surface area contributed by atoms with Gasteiger partial charge in [-0.05, 0) is 31.0 Å². The van der Waals surface area contributed by atoms with E-state index in [2.05, 4.69) is 0 Å². The zero-order valence-corrected chi connectivity index (χ0v) is 9.17. The Balaban J connectivity index is 0.00000169. The number of hydrogen-bond donors (Lipinski definition) is 2. The van der Waals surface area contributed by atoms with Crippen molar-refractivity contribution in [2.75, 3.05) is 7.11 Å². The summed E-state index contributed by atoms with van der Waals surface area (Å²) in [5.41, 5.74) is 6.65. The highest BCUT2D eigenvalue weighted by Gasteiger charge is 2.03. The Morgan fingerprint density at radius 3 is 2.57 bits per heavy atom. The number of benzene rings is 1. The molecule has 4 heteroatoms. The molecule has 3 nitrogen and oxygen atoms in total. The second kappa shape index (κ2) is 5.73. The van der Waals surface area contributed by atoms with Gasteiger partial charge < -0.3 is 15.6 Å². The van der Waals surface area contributed by atoms with Crippen LogP contribution in [0.1, 0.15) is 12.5 Å². The number of halogens is 1. The molecular weight excluding hydrogens is 202 g/mol. The standard InChI is InChI=1S/C10H15NO2.ClH/c1-7(11)5-8-3-4-10(13-2)9(12)6-8;/h3-4,6-7,12H,5,11H2,1-2H3;1H. The molecule has 0 saturated carbocycles. The Bertz CT molecular complexity index is 289. The predicted octanol–water partition coefficient (Wildman–Crippen LogP) is 1.71. The number of phenolic OH excluding ortho intramolecular Hbond substituents is 1. The van der Waals surface area contributed by atoms with Gasteiger partial charge in [0, 0.05) is 6.04 Å². The molecule has 1 rings (SSSR count). The van der Waals surface area contributed by atoms with Crippen LogP contribution in [-0.4, -0.2) is 18.3 Å². The smallest absolute Gasteiger partial charge is 0.160 e. The number of rotatable bonds is 3. The van der Waals surface area contributed by atoms with E-state index in [1.54, 1.807) is 12.1 Å². The lowest BCUT2D eigenvalue weighted by atomic mass is 10.1. The van der Waals surface area contributed by atoms with Gasteiger partial charge >= 0.3 is 0 Å². The average molecular weight is 218 g/mol. The third-order valence-corrected chi connectivity index (χ3v) is 1.80. The molecule has 3 N–H and O–H groups in total. The summed E-state index contributed by atoms with van der Waals surface area (Å²) < 4.78 is 4.92. The Morgan fingerprint density at radius 2 is 2.14 bits per heavy atom. The molecule has 0 radical (unpaired) electrons. The fraction of sp³-hybridized carbons (Fsp3) is 0.400. The fourth-order valence-electron chi connectivity index (χ4n) is 1.23. The van der Waals surface area contributed by atoms with Crippen LogP contribution in [0.25, 0.3) is 0 Å². The number of hydrogen-bond acceptors (Lipinski definition) is 3. The highest BCUT2D eigenvalue weighted by atomic mass is 35.5. The van der Waals surface area contributed by atoms with Crippen molar-refractivity contribution in [3.8, 4) is 11.5 Å².